The van der Waals surface area contributed by atoms with E-state index < -0.39 is 23.6 Å². The number of nitrogens with one attached hydrogen (secondary N) is 1. The number of phenolic OH excluding ortho intramolecular Hbond substituents is 1. The summed E-state index contributed by atoms with van der Waals surface area (Å²) in [6.45, 7) is 8.80. The second-order valence-corrected chi connectivity index (χ2v) is 13.4. The quantitative estimate of drug-likeness (QED) is 0.150. The van der Waals surface area contributed by atoms with Gasteiger partial charge in [0.15, 0.2) is 5.82 Å². The van der Waals surface area contributed by atoms with E-state index in [1.165, 1.54) is 24.3 Å². The molecule has 2 aromatic heterocycles. The monoisotopic (exact) mass is 692 g/mol. The SMILES string of the molecule is C#Cc1c(F)ccc2cc(O)cc(-c3nc4c5c(nc(OCC6(CCC)CC(CC(F)F)CN6C)nc5c3F)N3CCNC[C@H]3CC4)c12.CC. The summed E-state index contributed by atoms with van der Waals surface area (Å²) in [6.07, 6.45) is 6.50. The Morgan fingerprint density at radius 3 is 2.70 bits per heavy atom. The third kappa shape index (κ3) is 6.42. The highest BCUT2D eigenvalue weighted by molar-refractivity contribution is 6.03. The lowest BCUT2D eigenvalue weighted by molar-refractivity contribution is 0.0821. The van der Waals surface area contributed by atoms with Gasteiger partial charge in [0.1, 0.15) is 35.2 Å². The highest BCUT2D eigenvalue weighted by Gasteiger charge is 2.44. The first-order valence-electron chi connectivity index (χ1n) is 17.5. The fraction of sp³-hybridized carbons (Fsp3) is 0.500. The number of likely N-dealkylation sites (N-methyl/N-ethyl adjacent to an activating group) is 1. The number of halogens is 4. The zero-order valence-corrected chi connectivity index (χ0v) is 29.0. The Bertz CT molecular complexity index is 1930. The van der Waals surface area contributed by atoms with E-state index in [9.17, 15) is 18.3 Å². The fourth-order valence-electron chi connectivity index (χ4n) is 8.14. The lowest BCUT2D eigenvalue weighted by Crippen LogP contribution is -2.51. The Labute approximate surface area is 290 Å². The number of likely N-dealkylation sites (tertiary alicyclic amines) is 1. The molecule has 2 saturated heterocycles. The van der Waals surface area contributed by atoms with Crippen LogP contribution in [-0.2, 0) is 6.42 Å². The minimum absolute atomic E-state index is 0.00392. The second-order valence-electron chi connectivity index (χ2n) is 13.4. The number of alkyl halides is 2. The largest absolute Gasteiger partial charge is 0.508 e. The number of terminal acetylenes is 1. The molecule has 0 spiro atoms. The Morgan fingerprint density at radius 1 is 1.16 bits per heavy atom. The molecule has 0 amide bonds. The van der Waals surface area contributed by atoms with Gasteiger partial charge in [0.05, 0.1) is 22.2 Å². The molecular weight excluding hydrogens is 648 g/mol. The Hall–Kier alpha value is -4.21. The van der Waals surface area contributed by atoms with Crippen LogP contribution < -0.4 is 15.0 Å². The van der Waals surface area contributed by atoms with Gasteiger partial charge in [-0.25, -0.2) is 22.5 Å². The van der Waals surface area contributed by atoms with Crippen molar-refractivity contribution >= 4 is 27.5 Å². The molecule has 0 bridgehead atoms. The van der Waals surface area contributed by atoms with Gasteiger partial charge in [0.2, 0.25) is 6.43 Å². The summed E-state index contributed by atoms with van der Waals surface area (Å²) in [7, 11) is 1.93. The van der Waals surface area contributed by atoms with Crippen LogP contribution in [0.5, 0.6) is 11.8 Å². The molecule has 2 fully saturated rings. The first-order valence-corrected chi connectivity index (χ1v) is 17.5. The summed E-state index contributed by atoms with van der Waals surface area (Å²) in [4.78, 5) is 18.6. The van der Waals surface area contributed by atoms with E-state index in [2.05, 4.69) is 32.9 Å². The molecule has 8 nitrogen and oxygen atoms in total. The summed E-state index contributed by atoms with van der Waals surface area (Å²) in [5.41, 5.74) is 0.0736. The molecule has 12 heteroatoms. The molecule has 4 aromatic rings. The van der Waals surface area contributed by atoms with Crippen LogP contribution in [0, 0.1) is 29.9 Å². The van der Waals surface area contributed by atoms with Gasteiger partial charge in [-0.1, -0.05) is 39.2 Å². The van der Waals surface area contributed by atoms with E-state index in [4.69, 9.17) is 21.1 Å². The van der Waals surface area contributed by atoms with Crippen LogP contribution in [-0.4, -0.2) is 82.8 Å². The average molecular weight is 693 g/mol. The van der Waals surface area contributed by atoms with Crippen molar-refractivity contribution in [3.8, 4) is 35.4 Å². The predicted molar refractivity (Wildman–Crippen MR) is 188 cm³/mol. The number of anilines is 1. The maximum Gasteiger partial charge on any atom is 0.319 e. The van der Waals surface area contributed by atoms with Crippen LogP contribution in [0.15, 0.2) is 24.3 Å². The minimum atomic E-state index is -2.38. The van der Waals surface area contributed by atoms with Crippen LogP contribution in [0.1, 0.15) is 64.1 Å². The lowest BCUT2D eigenvalue weighted by Gasteiger charge is -2.37. The number of hydrogen-bond donors (Lipinski definition) is 2. The first kappa shape index (κ1) is 35.6. The van der Waals surface area contributed by atoms with E-state index in [-0.39, 0.29) is 64.5 Å². The number of ether oxygens (including phenoxy) is 1. The molecule has 50 heavy (non-hydrogen) atoms. The zero-order valence-electron chi connectivity index (χ0n) is 29.0. The summed E-state index contributed by atoms with van der Waals surface area (Å²) in [5.74, 6) is 1.19. The molecule has 266 valence electrons. The van der Waals surface area contributed by atoms with Gasteiger partial charge in [0, 0.05) is 49.6 Å². The summed E-state index contributed by atoms with van der Waals surface area (Å²) >= 11 is 0. The van der Waals surface area contributed by atoms with E-state index in [0.29, 0.717) is 67.7 Å². The smallest absolute Gasteiger partial charge is 0.319 e. The molecule has 7 rings (SSSR count). The number of aromatic nitrogens is 3. The number of phenols is 1. The van der Waals surface area contributed by atoms with Gasteiger partial charge in [-0.15, -0.1) is 6.42 Å². The maximum atomic E-state index is 17.0. The number of nitrogens with zero attached hydrogens (tertiary/aromatic N) is 5. The van der Waals surface area contributed by atoms with Crippen LogP contribution in [0.25, 0.3) is 32.9 Å². The van der Waals surface area contributed by atoms with Crippen LogP contribution >= 0.6 is 0 Å². The molecule has 3 atom stereocenters. The van der Waals surface area contributed by atoms with Gasteiger partial charge in [0.25, 0.3) is 0 Å². The number of pyridine rings is 1. The Morgan fingerprint density at radius 2 is 1.96 bits per heavy atom. The Kier molecular flexibility index (Phi) is 10.4. The molecule has 5 heterocycles. The van der Waals surface area contributed by atoms with Gasteiger partial charge in [-0.3, -0.25) is 4.90 Å². The van der Waals surface area contributed by atoms with Crippen molar-refractivity contribution in [3.63, 3.8) is 0 Å². The van der Waals surface area contributed by atoms with Crippen molar-refractivity contribution in [2.45, 2.75) is 77.3 Å². The van der Waals surface area contributed by atoms with E-state index in [1.807, 2.05) is 20.9 Å². The highest BCUT2D eigenvalue weighted by atomic mass is 19.3. The van der Waals surface area contributed by atoms with Crippen LogP contribution in [0.3, 0.4) is 0 Å². The molecular formula is C38H44F4N6O2. The van der Waals surface area contributed by atoms with Gasteiger partial charge in [-0.05, 0) is 62.2 Å². The number of rotatable bonds is 8. The molecule has 2 N–H and O–H groups in total. The minimum Gasteiger partial charge on any atom is -0.508 e. The van der Waals surface area contributed by atoms with Crippen molar-refractivity contribution < 1.29 is 27.4 Å². The van der Waals surface area contributed by atoms with Gasteiger partial charge >= 0.3 is 6.01 Å². The van der Waals surface area contributed by atoms with E-state index in [1.54, 1.807) is 0 Å². The molecule has 3 aliphatic rings. The van der Waals surface area contributed by atoms with E-state index in [0.717, 1.165) is 12.8 Å². The molecule has 0 aliphatic carbocycles. The molecule has 0 saturated carbocycles. The normalized spacial score (nSPS) is 21.9. The zero-order chi connectivity index (χ0) is 35.7. The standard InChI is InChI=1S/C36H38F4N6O2.C2H6/c1-4-10-36(16-20(13-28(38)39)18-45(36)3)19-48-35-43-33-30-27(9-7-22-17-41-11-12-46(22)34(30)44-35)42-32(31(33)40)25-15-23(47)14-21-6-8-26(37)24(5-2)29(21)25;1-2/h2,6,8,14-15,20,22,28,41,47H,4,7,9-13,16-19H2,1,3H3;1-2H3/t20?,22-,36?;/m1./s1. The van der Waals surface area contributed by atoms with Crippen molar-refractivity contribution in [1.29, 1.82) is 0 Å². The van der Waals surface area contributed by atoms with Gasteiger partial charge in [-0.2, -0.15) is 9.97 Å². The number of fused-ring (bicyclic) bond motifs is 3. The van der Waals surface area contributed by atoms with Crippen molar-refractivity contribution in [1.82, 2.24) is 25.2 Å². The van der Waals surface area contributed by atoms with E-state index >= 15 is 4.39 Å². The molecule has 0 radical (unpaired) electrons. The molecule has 3 aliphatic heterocycles. The topological polar surface area (TPSA) is 86.6 Å². The molecule has 2 aromatic carbocycles. The number of piperazine rings is 1. The number of aryl methyl sites for hydroxylation is 1. The molecule has 2 unspecified atom stereocenters. The maximum absolute atomic E-state index is 17.0. The second kappa shape index (κ2) is 14.6. The lowest BCUT2D eigenvalue weighted by atomic mass is 9.87. The Balaban J connectivity index is 0.00000212. The van der Waals surface area contributed by atoms with Gasteiger partial charge < -0.3 is 20.1 Å². The summed E-state index contributed by atoms with van der Waals surface area (Å²) in [5, 5.41) is 15.3. The van der Waals surface area contributed by atoms with Crippen molar-refractivity contribution in [2.24, 2.45) is 5.92 Å². The number of aromatic hydroxyl groups is 1. The first-order chi connectivity index (χ1) is 24.1. The predicted octanol–water partition coefficient (Wildman–Crippen LogP) is 7.09. The third-order valence-corrected chi connectivity index (χ3v) is 10.3. The summed E-state index contributed by atoms with van der Waals surface area (Å²) in [6, 6.07) is 5.54. The van der Waals surface area contributed by atoms with Crippen LogP contribution in [0.2, 0.25) is 0 Å². The van der Waals surface area contributed by atoms with Crippen LogP contribution in [0.4, 0.5) is 23.4 Å². The number of benzene rings is 2. The summed E-state index contributed by atoms with van der Waals surface area (Å²) < 4.78 is 65.0. The average Bonchev–Trinajstić information content (AvgIpc) is 3.30. The van der Waals surface area contributed by atoms with Crippen molar-refractivity contribution in [3.05, 3.63) is 47.2 Å². The third-order valence-electron chi connectivity index (χ3n) is 10.3. The fourth-order valence-corrected chi connectivity index (χ4v) is 8.14. The highest BCUT2D eigenvalue weighted by Crippen LogP contribution is 2.43. The van der Waals surface area contributed by atoms with Crippen molar-refractivity contribution in [2.75, 3.05) is 44.7 Å². The number of hydrogen-bond acceptors (Lipinski definition) is 8.